The van der Waals surface area contributed by atoms with E-state index in [0.717, 1.165) is 28.9 Å². The Labute approximate surface area is 144 Å². The molecule has 3 N–H and O–H groups in total. The minimum atomic E-state index is 0.553. The standard InChI is InChI=1S/C19H27N3S/c1-13-5-2-3-8-18(13)21-19(23)20-14-11-16-6-4-7-17(12-14)22(16)15-9-10-15/h2-3,5,8,14-17H,4,6-7,9-12H2,1H3,(H2,20,21,23)/p+1/t14?,16-,17+. The summed E-state index contributed by atoms with van der Waals surface area (Å²) in [5.74, 6) is 0. The van der Waals surface area contributed by atoms with Crippen LogP contribution in [0.3, 0.4) is 0 Å². The molecule has 1 aromatic carbocycles. The van der Waals surface area contributed by atoms with Gasteiger partial charge in [-0.1, -0.05) is 18.2 Å². The number of nitrogens with one attached hydrogen (secondary N) is 3. The van der Waals surface area contributed by atoms with Crippen LogP contribution < -0.4 is 15.5 Å². The molecule has 2 unspecified atom stereocenters. The molecular weight excluding hydrogens is 302 g/mol. The number of fused-ring (bicyclic) bond motifs is 2. The van der Waals surface area contributed by atoms with E-state index in [1.165, 1.54) is 50.5 Å². The molecule has 4 rings (SSSR count). The fourth-order valence-electron chi connectivity index (χ4n) is 4.83. The van der Waals surface area contributed by atoms with Gasteiger partial charge in [-0.05, 0) is 50.0 Å². The first-order valence-electron chi connectivity index (χ1n) is 9.20. The quantitative estimate of drug-likeness (QED) is 0.744. The maximum atomic E-state index is 5.57. The van der Waals surface area contributed by atoms with Crippen molar-refractivity contribution in [2.24, 2.45) is 0 Å². The van der Waals surface area contributed by atoms with E-state index in [1.54, 1.807) is 0 Å². The highest BCUT2D eigenvalue weighted by Gasteiger charge is 2.48. The summed E-state index contributed by atoms with van der Waals surface area (Å²) in [5.41, 5.74) is 2.35. The Morgan fingerprint density at radius 1 is 1.04 bits per heavy atom. The number of benzene rings is 1. The van der Waals surface area contributed by atoms with Crippen LogP contribution in [0.5, 0.6) is 0 Å². The first kappa shape index (κ1) is 15.4. The lowest BCUT2D eigenvalue weighted by Crippen LogP contribution is -3.22. The van der Waals surface area contributed by atoms with Crippen LogP contribution in [0.1, 0.15) is 50.5 Å². The van der Waals surface area contributed by atoms with Crippen molar-refractivity contribution in [3.05, 3.63) is 29.8 Å². The van der Waals surface area contributed by atoms with Gasteiger partial charge < -0.3 is 15.5 Å². The number of thiocarbonyl (C=S) groups is 1. The zero-order valence-corrected chi connectivity index (χ0v) is 14.8. The molecule has 0 aromatic heterocycles. The zero-order valence-electron chi connectivity index (χ0n) is 14.0. The fourth-order valence-corrected chi connectivity index (χ4v) is 5.10. The van der Waals surface area contributed by atoms with Crippen molar-refractivity contribution >= 4 is 23.0 Å². The average Bonchev–Trinajstić information content (AvgIpc) is 3.33. The van der Waals surface area contributed by atoms with Crippen LogP contribution in [-0.4, -0.2) is 29.3 Å². The van der Waals surface area contributed by atoms with Crippen molar-refractivity contribution in [2.45, 2.75) is 76.0 Å². The molecule has 2 bridgehead atoms. The second kappa shape index (κ2) is 6.40. The number of quaternary nitrogens is 1. The van der Waals surface area contributed by atoms with Crippen molar-refractivity contribution < 1.29 is 4.90 Å². The molecule has 4 heteroatoms. The summed E-state index contributed by atoms with van der Waals surface area (Å²) in [6.45, 7) is 2.12. The lowest BCUT2D eigenvalue weighted by Gasteiger charge is -2.46. The van der Waals surface area contributed by atoms with Gasteiger partial charge in [0.05, 0.1) is 18.1 Å². The number of hydrogen-bond acceptors (Lipinski definition) is 1. The largest absolute Gasteiger partial charge is 0.359 e. The van der Waals surface area contributed by atoms with Crippen molar-refractivity contribution in [2.75, 3.05) is 5.32 Å². The highest BCUT2D eigenvalue weighted by Crippen LogP contribution is 2.27. The number of aryl methyl sites for hydroxylation is 1. The van der Waals surface area contributed by atoms with Gasteiger partial charge in [-0.25, -0.2) is 0 Å². The zero-order chi connectivity index (χ0) is 15.8. The summed E-state index contributed by atoms with van der Waals surface area (Å²) in [6, 6.07) is 11.6. The van der Waals surface area contributed by atoms with E-state index in [4.69, 9.17) is 12.2 Å². The molecule has 0 spiro atoms. The molecule has 0 radical (unpaired) electrons. The third-order valence-corrected chi connectivity index (χ3v) is 6.18. The SMILES string of the molecule is Cc1ccccc1NC(=S)NC1C[C@H]2CCC[C@@H](C1)[NH+]2C1CC1. The van der Waals surface area contributed by atoms with Gasteiger partial charge in [0, 0.05) is 37.4 Å². The van der Waals surface area contributed by atoms with Gasteiger partial charge in [0.15, 0.2) is 5.11 Å². The van der Waals surface area contributed by atoms with E-state index in [9.17, 15) is 0 Å². The molecule has 3 nitrogen and oxygen atoms in total. The summed E-state index contributed by atoms with van der Waals surface area (Å²) >= 11 is 5.57. The second-order valence-electron chi connectivity index (χ2n) is 7.68. The molecular formula is C19H28N3S+. The van der Waals surface area contributed by atoms with E-state index in [1.807, 2.05) is 4.90 Å². The Balaban J connectivity index is 1.36. The summed E-state index contributed by atoms with van der Waals surface area (Å²) in [6.07, 6.45) is 9.78. The topological polar surface area (TPSA) is 28.5 Å². The summed E-state index contributed by atoms with van der Waals surface area (Å²) < 4.78 is 0. The van der Waals surface area contributed by atoms with Crippen LogP contribution in [0.4, 0.5) is 5.69 Å². The molecule has 2 saturated heterocycles. The summed E-state index contributed by atoms with van der Waals surface area (Å²) in [4.78, 5) is 1.95. The fraction of sp³-hybridized carbons (Fsp3) is 0.632. The first-order chi connectivity index (χ1) is 11.2. The number of para-hydroxylation sites is 1. The molecule has 2 aliphatic heterocycles. The Morgan fingerprint density at radius 2 is 1.74 bits per heavy atom. The lowest BCUT2D eigenvalue weighted by atomic mass is 9.81. The van der Waals surface area contributed by atoms with Gasteiger partial charge in [0.1, 0.15) is 0 Å². The van der Waals surface area contributed by atoms with Gasteiger partial charge in [-0.2, -0.15) is 0 Å². The average molecular weight is 331 g/mol. The number of rotatable bonds is 3. The molecule has 1 aromatic rings. The smallest absolute Gasteiger partial charge is 0.171 e. The third kappa shape index (κ3) is 3.38. The maximum Gasteiger partial charge on any atom is 0.171 e. The first-order valence-corrected chi connectivity index (χ1v) is 9.61. The second-order valence-corrected chi connectivity index (χ2v) is 8.09. The highest BCUT2D eigenvalue weighted by atomic mass is 32.1. The van der Waals surface area contributed by atoms with Crippen molar-refractivity contribution in [3.63, 3.8) is 0 Å². The Bertz CT molecular complexity index is 570. The molecule has 1 saturated carbocycles. The normalized spacial score (nSPS) is 33.1. The van der Waals surface area contributed by atoms with E-state index < -0.39 is 0 Å². The lowest BCUT2D eigenvalue weighted by molar-refractivity contribution is -0.971. The van der Waals surface area contributed by atoms with Crippen LogP contribution in [0.15, 0.2) is 24.3 Å². The number of anilines is 1. The van der Waals surface area contributed by atoms with E-state index in [0.29, 0.717) is 6.04 Å². The van der Waals surface area contributed by atoms with Gasteiger partial charge in [-0.15, -0.1) is 0 Å². The van der Waals surface area contributed by atoms with Crippen molar-refractivity contribution in [3.8, 4) is 0 Å². The van der Waals surface area contributed by atoms with Gasteiger partial charge in [0.2, 0.25) is 0 Å². The molecule has 124 valence electrons. The van der Waals surface area contributed by atoms with Crippen molar-refractivity contribution in [1.29, 1.82) is 0 Å². The molecule has 23 heavy (non-hydrogen) atoms. The van der Waals surface area contributed by atoms with Crippen LogP contribution in [-0.2, 0) is 0 Å². The van der Waals surface area contributed by atoms with Crippen LogP contribution in [0, 0.1) is 6.92 Å². The summed E-state index contributed by atoms with van der Waals surface area (Å²) in [5, 5.41) is 7.78. The monoisotopic (exact) mass is 330 g/mol. The Hall–Kier alpha value is -1.13. The van der Waals surface area contributed by atoms with E-state index in [2.05, 4.69) is 41.8 Å². The number of piperidine rings is 2. The minimum Gasteiger partial charge on any atom is -0.359 e. The predicted octanol–water partition coefficient (Wildman–Crippen LogP) is 2.41. The Kier molecular flexibility index (Phi) is 4.29. The van der Waals surface area contributed by atoms with Crippen LogP contribution >= 0.6 is 12.2 Å². The molecule has 3 fully saturated rings. The Morgan fingerprint density at radius 3 is 2.39 bits per heavy atom. The van der Waals surface area contributed by atoms with Gasteiger partial charge in [0.25, 0.3) is 0 Å². The van der Waals surface area contributed by atoms with Gasteiger partial charge in [-0.3, -0.25) is 0 Å². The highest BCUT2D eigenvalue weighted by molar-refractivity contribution is 7.80. The van der Waals surface area contributed by atoms with E-state index in [-0.39, 0.29) is 0 Å². The predicted molar refractivity (Wildman–Crippen MR) is 99.0 cm³/mol. The van der Waals surface area contributed by atoms with E-state index >= 15 is 0 Å². The summed E-state index contributed by atoms with van der Waals surface area (Å²) in [7, 11) is 0. The molecule has 1 aliphatic carbocycles. The molecule has 4 atom stereocenters. The molecule has 3 aliphatic rings. The third-order valence-electron chi connectivity index (χ3n) is 5.96. The molecule has 0 amide bonds. The molecule has 2 heterocycles. The maximum absolute atomic E-state index is 5.57. The minimum absolute atomic E-state index is 0.553. The van der Waals surface area contributed by atoms with Crippen LogP contribution in [0.2, 0.25) is 0 Å². The van der Waals surface area contributed by atoms with Crippen molar-refractivity contribution in [1.82, 2.24) is 5.32 Å². The number of hydrogen-bond donors (Lipinski definition) is 3. The van der Waals surface area contributed by atoms with Crippen LogP contribution in [0.25, 0.3) is 0 Å². The van der Waals surface area contributed by atoms with Gasteiger partial charge >= 0.3 is 0 Å².